The molecule has 0 bridgehead atoms. The standard InChI is InChI=1S/C24H21N3O8S/c28-21(15-26-36(33,34)20-9-5-2-6-10-20)25-16-22(29)35-24(23(30)17-7-3-1-4-8-17)18-11-13-19(14-12-18)27(31)32/h1-14,24,26H,15-16H2,(H,25,28)/t24-/m0/s1. The lowest BCUT2D eigenvalue weighted by Crippen LogP contribution is -2.39. The molecular formula is C24H21N3O8S. The number of nitrogens with one attached hydrogen (secondary N) is 2. The fraction of sp³-hybridized carbons (Fsp3) is 0.125. The third kappa shape index (κ3) is 7.04. The zero-order chi connectivity index (χ0) is 26.1. The van der Waals surface area contributed by atoms with Crippen molar-refractivity contribution in [3.05, 3.63) is 106 Å². The van der Waals surface area contributed by atoms with Crippen LogP contribution in [0, 0.1) is 10.1 Å². The number of nitro benzene ring substituents is 1. The maximum atomic E-state index is 13.0. The molecule has 0 heterocycles. The Labute approximate surface area is 206 Å². The van der Waals surface area contributed by atoms with Gasteiger partial charge in [-0.25, -0.2) is 13.1 Å². The number of hydrogen-bond acceptors (Lipinski definition) is 8. The molecule has 2 N–H and O–H groups in total. The van der Waals surface area contributed by atoms with Gasteiger partial charge in [-0.05, 0) is 24.3 Å². The number of esters is 1. The summed E-state index contributed by atoms with van der Waals surface area (Å²) in [5.41, 5.74) is 0.235. The zero-order valence-electron chi connectivity index (χ0n) is 18.7. The summed E-state index contributed by atoms with van der Waals surface area (Å²) in [4.78, 5) is 47.8. The molecule has 0 radical (unpaired) electrons. The average Bonchev–Trinajstić information content (AvgIpc) is 2.90. The Balaban J connectivity index is 1.64. The second-order valence-corrected chi connectivity index (χ2v) is 9.13. The molecule has 0 aliphatic heterocycles. The highest BCUT2D eigenvalue weighted by Crippen LogP contribution is 2.25. The topological polar surface area (TPSA) is 162 Å². The Morgan fingerprint density at radius 3 is 2.03 bits per heavy atom. The van der Waals surface area contributed by atoms with Gasteiger partial charge in [-0.1, -0.05) is 48.5 Å². The Kier molecular flexibility index (Phi) is 8.60. The lowest BCUT2D eigenvalue weighted by molar-refractivity contribution is -0.384. The first-order valence-corrected chi connectivity index (χ1v) is 12.0. The van der Waals surface area contributed by atoms with Crippen LogP contribution >= 0.6 is 0 Å². The van der Waals surface area contributed by atoms with Gasteiger partial charge in [0.25, 0.3) is 5.69 Å². The van der Waals surface area contributed by atoms with Crippen LogP contribution in [-0.2, 0) is 24.3 Å². The number of nitro groups is 1. The smallest absolute Gasteiger partial charge is 0.326 e. The van der Waals surface area contributed by atoms with E-state index in [9.17, 15) is 32.9 Å². The van der Waals surface area contributed by atoms with Crippen molar-refractivity contribution in [2.75, 3.05) is 13.1 Å². The van der Waals surface area contributed by atoms with Crippen LogP contribution in [0.15, 0.2) is 89.8 Å². The number of ketones is 1. The molecule has 0 spiro atoms. The van der Waals surface area contributed by atoms with E-state index >= 15 is 0 Å². The van der Waals surface area contributed by atoms with Crippen LogP contribution < -0.4 is 10.0 Å². The van der Waals surface area contributed by atoms with Crippen molar-refractivity contribution < 1.29 is 32.5 Å². The molecule has 0 aromatic heterocycles. The summed E-state index contributed by atoms with van der Waals surface area (Å²) in [5, 5.41) is 13.2. The van der Waals surface area contributed by atoms with Gasteiger partial charge in [0.2, 0.25) is 21.7 Å². The third-order valence-corrected chi connectivity index (χ3v) is 6.28. The predicted octanol–water partition coefficient (Wildman–Crippen LogP) is 2.16. The van der Waals surface area contributed by atoms with Crippen molar-refractivity contribution in [3.8, 4) is 0 Å². The maximum Gasteiger partial charge on any atom is 0.326 e. The monoisotopic (exact) mass is 511 g/mol. The molecule has 1 amide bonds. The van der Waals surface area contributed by atoms with Gasteiger partial charge in [0.15, 0.2) is 6.10 Å². The molecule has 0 saturated heterocycles. The number of benzene rings is 3. The van der Waals surface area contributed by atoms with Gasteiger partial charge in [-0.2, -0.15) is 0 Å². The van der Waals surface area contributed by atoms with E-state index in [4.69, 9.17) is 4.74 Å². The van der Waals surface area contributed by atoms with E-state index in [1.54, 1.807) is 24.3 Å². The van der Waals surface area contributed by atoms with Crippen LogP contribution in [-0.4, -0.2) is 44.1 Å². The summed E-state index contributed by atoms with van der Waals surface area (Å²) in [6.07, 6.45) is -1.42. The molecule has 0 aliphatic carbocycles. The lowest BCUT2D eigenvalue weighted by Gasteiger charge is -2.18. The minimum Gasteiger partial charge on any atom is -0.448 e. The number of nitrogens with zero attached hydrogens (tertiary/aromatic N) is 1. The summed E-state index contributed by atoms with van der Waals surface area (Å²) >= 11 is 0. The van der Waals surface area contributed by atoms with Crippen molar-refractivity contribution in [3.63, 3.8) is 0 Å². The molecule has 1 atom stereocenters. The predicted molar refractivity (Wildman–Crippen MR) is 127 cm³/mol. The van der Waals surface area contributed by atoms with E-state index in [0.717, 1.165) is 0 Å². The molecule has 36 heavy (non-hydrogen) atoms. The van der Waals surface area contributed by atoms with E-state index < -0.39 is 51.8 Å². The van der Waals surface area contributed by atoms with Crippen molar-refractivity contribution in [2.45, 2.75) is 11.0 Å². The van der Waals surface area contributed by atoms with Gasteiger partial charge in [0, 0.05) is 23.3 Å². The molecule has 11 nitrogen and oxygen atoms in total. The highest BCUT2D eigenvalue weighted by Gasteiger charge is 2.27. The van der Waals surface area contributed by atoms with Crippen LogP contribution in [0.4, 0.5) is 5.69 Å². The largest absolute Gasteiger partial charge is 0.448 e. The van der Waals surface area contributed by atoms with Gasteiger partial charge >= 0.3 is 5.97 Å². The number of ether oxygens (including phenoxy) is 1. The molecule has 0 unspecified atom stereocenters. The Morgan fingerprint density at radius 2 is 1.44 bits per heavy atom. The summed E-state index contributed by atoms with van der Waals surface area (Å²) in [5.74, 6) is -2.34. The Morgan fingerprint density at radius 1 is 0.861 bits per heavy atom. The average molecular weight is 512 g/mol. The number of carbonyl (C=O) groups is 3. The van der Waals surface area contributed by atoms with Crippen molar-refractivity contribution in [2.24, 2.45) is 0 Å². The first-order chi connectivity index (χ1) is 17.2. The van der Waals surface area contributed by atoms with Crippen molar-refractivity contribution >= 4 is 33.4 Å². The molecular weight excluding hydrogens is 490 g/mol. The number of non-ortho nitro benzene ring substituents is 1. The highest BCUT2D eigenvalue weighted by atomic mass is 32.2. The number of rotatable bonds is 11. The van der Waals surface area contributed by atoms with Gasteiger partial charge < -0.3 is 10.1 Å². The van der Waals surface area contributed by atoms with Gasteiger partial charge in [0.1, 0.15) is 6.54 Å². The van der Waals surface area contributed by atoms with Crippen LogP contribution in [0.3, 0.4) is 0 Å². The number of amides is 1. The maximum absolute atomic E-state index is 13.0. The fourth-order valence-electron chi connectivity index (χ4n) is 3.05. The second-order valence-electron chi connectivity index (χ2n) is 7.36. The summed E-state index contributed by atoms with van der Waals surface area (Å²) in [6.45, 7) is -1.27. The zero-order valence-corrected chi connectivity index (χ0v) is 19.5. The van der Waals surface area contributed by atoms with E-state index in [1.807, 2.05) is 0 Å². The molecule has 0 saturated carbocycles. The number of hydrogen-bond donors (Lipinski definition) is 2. The quantitative estimate of drug-likeness (QED) is 0.171. The van der Waals surface area contributed by atoms with Crippen LogP contribution in [0.5, 0.6) is 0 Å². The first-order valence-electron chi connectivity index (χ1n) is 10.5. The van der Waals surface area contributed by atoms with Crippen LogP contribution in [0.25, 0.3) is 0 Å². The Hall–Kier alpha value is -4.42. The lowest BCUT2D eigenvalue weighted by atomic mass is 9.99. The van der Waals surface area contributed by atoms with Gasteiger partial charge in [0.05, 0.1) is 16.4 Å². The normalized spacial score (nSPS) is 11.8. The van der Waals surface area contributed by atoms with E-state index in [-0.39, 0.29) is 21.7 Å². The number of carbonyl (C=O) groups excluding carboxylic acids is 3. The number of sulfonamides is 1. The first kappa shape index (κ1) is 26.2. The van der Waals surface area contributed by atoms with Crippen LogP contribution in [0.2, 0.25) is 0 Å². The third-order valence-electron chi connectivity index (χ3n) is 4.86. The Bertz CT molecular complexity index is 1350. The van der Waals surface area contributed by atoms with E-state index in [2.05, 4.69) is 10.0 Å². The molecule has 0 fully saturated rings. The minimum atomic E-state index is -3.92. The van der Waals surface area contributed by atoms with Gasteiger partial charge in [-0.3, -0.25) is 24.5 Å². The van der Waals surface area contributed by atoms with Crippen molar-refractivity contribution in [1.29, 1.82) is 0 Å². The second kappa shape index (κ2) is 11.8. The number of Topliss-reactive ketones (excluding diaryl/α,β-unsaturated/α-hetero) is 1. The minimum absolute atomic E-state index is 0.0254. The summed E-state index contributed by atoms with van der Waals surface area (Å²) in [6, 6.07) is 20.4. The molecule has 12 heteroatoms. The molecule has 3 rings (SSSR count). The summed E-state index contributed by atoms with van der Waals surface area (Å²) < 4.78 is 31.8. The van der Waals surface area contributed by atoms with Crippen molar-refractivity contribution in [1.82, 2.24) is 10.0 Å². The van der Waals surface area contributed by atoms with Gasteiger partial charge in [-0.15, -0.1) is 0 Å². The molecule has 3 aromatic rings. The molecule has 186 valence electrons. The van der Waals surface area contributed by atoms with Crippen LogP contribution in [0.1, 0.15) is 22.0 Å². The molecule has 3 aromatic carbocycles. The molecule has 0 aliphatic rings. The fourth-order valence-corrected chi connectivity index (χ4v) is 4.05. The SMILES string of the molecule is O=C(CNS(=O)(=O)c1ccccc1)NCC(=O)O[C@H](C(=O)c1ccccc1)c1ccc([N+](=O)[O-])cc1. The van der Waals surface area contributed by atoms with E-state index in [1.165, 1.54) is 60.7 Å². The summed E-state index contributed by atoms with van der Waals surface area (Å²) in [7, 11) is -3.92. The van der Waals surface area contributed by atoms with E-state index in [0.29, 0.717) is 0 Å². The highest BCUT2D eigenvalue weighted by molar-refractivity contribution is 7.89.